The molecule has 0 heterocycles. The number of rotatable bonds is 12. The van der Waals surface area contributed by atoms with E-state index in [-0.39, 0.29) is 37.7 Å². The minimum atomic E-state index is -1.15. The summed E-state index contributed by atoms with van der Waals surface area (Å²) < 4.78 is 0. The zero-order valence-electron chi connectivity index (χ0n) is 14.3. The Hall–Kier alpha value is 0.780. The Labute approximate surface area is 180 Å². The van der Waals surface area contributed by atoms with Crippen LogP contribution in [-0.4, -0.2) is 60.4 Å². The molecule has 2 atom stereocenters. The summed E-state index contributed by atoms with van der Waals surface area (Å²) in [5, 5.41) is 18.6. The molecule has 2 unspecified atom stereocenters. The molecule has 0 rings (SSSR count). The maximum absolute atomic E-state index is 10.1. The van der Waals surface area contributed by atoms with Gasteiger partial charge in [0.1, 0.15) is 0 Å². The molecule has 0 N–H and O–H groups in total. The van der Waals surface area contributed by atoms with Crippen molar-refractivity contribution in [2.45, 2.75) is 88.8 Å². The predicted molar refractivity (Wildman–Crippen MR) is 92.6 cm³/mol. The van der Waals surface area contributed by atoms with Crippen LogP contribution in [-0.2, 0) is 9.59 Å². The van der Waals surface area contributed by atoms with Crippen molar-refractivity contribution in [3.8, 4) is 0 Å². The molecule has 132 valence electrons. The number of halogens is 2. The third-order valence-corrected chi connectivity index (χ3v) is 3.93. The quantitative estimate of drug-likeness (QED) is 0.288. The van der Waals surface area contributed by atoms with E-state index in [1.165, 1.54) is 0 Å². The summed E-state index contributed by atoms with van der Waals surface area (Å²) in [5.41, 5.74) is 0. The van der Waals surface area contributed by atoms with Crippen molar-refractivity contribution in [2.24, 2.45) is 0 Å². The van der Waals surface area contributed by atoms with Crippen molar-refractivity contribution in [3.05, 3.63) is 0 Å². The molecule has 7 heteroatoms. The minimum Gasteiger partial charge on any atom is -0.549 e. The second kappa shape index (κ2) is 20.8. The van der Waals surface area contributed by atoms with E-state index in [1.54, 1.807) is 0 Å². The van der Waals surface area contributed by atoms with Crippen molar-refractivity contribution in [2.75, 3.05) is 0 Å². The first-order chi connectivity index (χ1) is 10.4. The molecule has 0 saturated heterocycles. The molecule has 23 heavy (non-hydrogen) atoms. The molecule has 0 aliphatic carbocycles. The van der Waals surface area contributed by atoms with Crippen LogP contribution in [0.3, 0.4) is 0 Å². The molecule has 4 nitrogen and oxygen atoms in total. The summed E-state index contributed by atoms with van der Waals surface area (Å²) >= 11 is 10.9. The van der Waals surface area contributed by atoms with Crippen LogP contribution in [0.5, 0.6) is 0 Å². The molecule has 0 aliphatic rings. The van der Waals surface area contributed by atoms with E-state index < -0.39 is 22.7 Å². The Bertz CT molecular complexity index is 263. The monoisotopic (exact) mass is 394 g/mol. The van der Waals surface area contributed by atoms with Gasteiger partial charge in [-0.15, -0.1) is 23.2 Å². The fourth-order valence-corrected chi connectivity index (χ4v) is 2.04. The van der Waals surface area contributed by atoms with Gasteiger partial charge in [0.15, 0.2) is 0 Å². The second-order valence-electron chi connectivity index (χ2n) is 5.27. The topological polar surface area (TPSA) is 80.3 Å². The first kappa shape index (κ1) is 28.6. The predicted octanol–water partition coefficient (Wildman–Crippen LogP) is 2.25. The van der Waals surface area contributed by atoms with E-state index in [4.69, 9.17) is 23.2 Å². The molecule has 0 aromatic carbocycles. The largest absolute Gasteiger partial charge is 2.00 e. The Kier molecular flexibility index (Phi) is 25.9. The summed E-state index contributed by atoms with van der Waals surface area (Å²) in [7, 11) is 0. The normalized spacial score (nSPS) is 12.3. The SMILES string of the molecule is CCCCCCC(Cl)C(=O)[O-].CCCCCCC(Cl)C(=O)[O-].[Ca+2]. The number of carbonyl (C=O) groups excluding carboxylic acids is 2. The van der Waals surface area contributed by atoms with Gasteiger partial charge in [-0.3, -0.25) is 0 Å². The Morgan fingerprint density at radius 3 is 1.26 bits per heavy atom. The summed E-state index contributed by atoms with van der Waals surface area (Å²) in [6.07, 6.45) is 9.56. The fourth-order valence-electron chi connectivity index (χ4n) is 1.74. The molecule has 0 aromatic heterocycles. The van der Waals surface area contributed by atoms with Gasteiger partial charge in [0.05, 0.1) is 22.7 Å². The summed E-state index contributed by atoms with van der Waals surface area (Å²) in [6, 6.07) is 0. The molecule has 0 spiro atoms. The standard InChI is InChI=1S/2C8H15ClO2.Ca/c2*1-2-3-4-5-6-7(9)8(10)11;/h2*7H,2-6H2,1H3,(H,10,11);/q;;+2/p-2. The van der Waals surface area contributed by atoms with Gasteiger partial charge in [0.2, 0.25) is 0 Å². The number of unbranched alkanes of at least 4 members (excludes halogenated alkanes) is 6. The van der Waals surface area contributed by atoms with Crippen LogP contribution in [0.1, 0.15) is 78.1 Å². The maximum atomic E-state index is 10.1. The number of hydrogen-bond donors (Lipinski definition) is 0. The zero-order valence-corrected chi connectivity index (χ0v) is 18.0. The van der Waals surface area contributed by atoms with E-state index in [9.17, 15) is 19.8 Å². The Morgan fingerprint density at radius 2 is 1.04 bits per heavy atom. The molecule has 0 fully saturated rings. The van der Waals surface area contributed by atoms with Gasteiger partial charge in [0, 0.05) is 0 Å². The number of carbonyl (C=O) groups is 2. The van der Waals surface area contributed by atoms with Gasteiger partial charge in [0.25, 0.3) is 0 Å². The van der Waals surface area contributed by atoms with Crippen molar-refractivity contribution in [1.29, 1.82) is 0 Å². The van der Waals surface area contributed by atoms with Crippen molar-refractivity contribution >= 4 is 72.9 Å². The average Bonchev–Trinajstić information content (AvgIpc) is 2.48. The first-order valence-electron chi connectivity index (χ1n) is 8.06. The third-order valence-electron chi connectivity index (χ3n) is 3.13. The smallest absolute Gasteiger partial charge is 0.549 e. The van der Waals surface area contributed by atoms with E-state index in [0.29, 0.717) is 12.8 Å². The van der Waals surface area contributed by atoms with Crippen LogP contribution in [0.2, 0.25) is 0 Å². The van der Waals surface area contributed by atoms with Crippen molar-refractivity contribution < 1.29 is 19.8 Å². The van der Waals surface area contributed by atoms with Gasteiger partial charge in [-0.2, -0.15) is 0 Å². The minimum absolute atomic E-state index is 0. The summed E-state index contributed by atoms with van der Waals surface area (Å²) in [5.74, 6) is -2.30. The van der Waals surface area contributed by atoms with Crippen LogP contribution in [0.4, 0.5) is 0 Å². The second-order valence-corrected chi connectivity index (χ2v) is 6.33. The van der Waals surface area contributed by atoms with Crippen molar-refractivity contribution in [3.63, 3.8) is 0 Å². The molecule has 0 radical (unpaired) electrons. The number of alkyl halides is 2. The number of hydrogen-bond acceptors (Lipinski definition) is 4. The van der Waals surface area contributed by atoms with Crippen LogP contribution in [0.15, 0.2) is 0 Å². The van der Waals surface area contributed by atoms with Crippen LogP contribution < -0.4 is 10.2 Å². The van der Waals surface area contributed by atoms with Crippen LogP contribution >= 0.6 is 23.2 Å². The summed E-state index contributed by atoms with van der Waals surface area (Å²) in [6.45, 7) is 4.22. The van der Waals surface area contributed by atoms with Crippen LogP contribution in [0.25, 0.3) is 0 Å². The number of carboxylic acid groups (broad SMARTS) is 2. The Morgan fingerprint density at radius 1 is 0.739 bits per heavy atom. The maximum Gasteiger partial charge on any atom is 2.00 e. The number of carboxylic acids is 2. The van der Waals surface area contributed by atoms with E-state index >= 15 is 0 Å². The molecular formula is C16H28CaCl2O4. The van der Waals surface area contributed by atoms with E-state index in [1.807, 2.05) is 0 Å². The number of aliphatic carboxylic acids is 2. The zero-order chi connectivity index (χ0) is 17.4. The van der Waals surface area contributed by atoms with Gasteiger partial charge >= 0.3 is 37.7 Å². The van der Waals surface area contributed by atoms with Gasteiger partial charge < -0.3 is 19.8 Å². The molecule has 0 amide bonds. The molecular weight excluding hydrogens is 367 g/mol. The van der Waals surface area contributed by atoms with E-state index in [2.05, 4.69) is 13.8 Å². The molecule has 0 bridgehead atoms. The van der Waals surface area contributed by atoms with Crippen molar-refractivity contribution in [1.82, 2.24) is 0 Å². The van der Waals surface area contributed by atoms with Gasteiger partial charge in [-0.1, -0.05) is 65.2 Å². The molecule has 0 saturated carbocycles. The average molecular weight is 395 g/mol. The first-order valence-corrected chi connectivity index (χ1v) is 8.93. The molecule has 0 aliphatic heterocycles. The summed E-state index contributed by atoms with van der Waals surface area (Å²) in [4.78, 5) is 20.2. The fraction of sp³-hybridized carbons (Fsp3) is 0.875. The molecule has 0 aromatic rings. The van der Waals surface area contributed by atoms with E-state index in [0.717, 1.165) is 51.4 Å². The third kappa shape index (κ3) is 22.8. The Balaban J connectivity index is -0.000000333. The van der Waals surface area contributed by atoms with Gasteiger partial charge in [-0.25, -0.2) is 0 Å². The van der Waals surface area contributed by atoms with Crippen LogP contribution in [0, 0.1) is 0 Å². The van der Waals surface area contributed by atoms with Gasteiger partial charge in [-0.05, 0) is 12.8 Å².